The number of hydrogen-bond acceptors (Lipinski definition) is 3. The molecule has 1 rings (SSSR count). The van der Waals surface area contributed by atoms with Crippen LogP contribution in [-0.2, 0) is 4.79 Å². The van der Waals surface area contributed by atoms with Crippen LogP contribution < -0.4 is 5.32 Å². The summed E-state index contributed by atoms with van der Waals surface area (Å²) >= 11 is 5.69. The molecule has 0 saturated heterocycles. The molecule has 0 bridgehead atoms. The highest BCUT2D eigenvalue weighted by Crippen LogP contribution is 2.07. The number of carbonyl (C=O) groups excluding carboxylic acids is 1. The Morgan fingerprint density at radius 1 is 1.15 bits per heavy atom. The summed E-state index contributed by atoms with van der Waals surface area (Å²) in [4.78, 5) is 25.9. The van der Waals surface area contributed by atoms with Gasteiger partial charge in [-0.05, 0) is 25.0 Å². The van der Waals surface area contributed by atoms with Gasteiger partial charge >= 0.3 is 5.97 Å². The lowest BCUT2D eigenvalue weighted by Gasteiger charge is -2.04. The molecule has 6 heteroatoms. The smallest absolute Gasteiger partial charge is 0.303 e. The van der Waals surface area contributed by atoms with Gasteiger partial charge in [0.1, 0.15) is 5.69 Å². The minimum absolute atomic E-state index is 0.201. The normalized spacial score (nSPS) is 10.2. The highest BCUT2D eigenvalue weighted by molar-refractivity contribution is 6.30. The first-order chi connectivity index (χ1) is 9.59. The molecule has 1 aromatic heterocycles. The maximum atomic E-state index is 11.7. The molecule has 0 aliphatic rings. The van der Waals surface area contributed by atoms with Crippen LogP contribution in [0.1, 0.15) is 49.0 Å². The van der Waals surface area contributed by atoms with E-state index in [0.29, 0.717) is 17.3 Å². The van der Waals surface area contributed by atoms with Gasteiger partial charge in [0, 0.05) is 19.2 Å². The molecule has 5 nitrogen and oxygen atoms in total. The number of pyridine rings is 1. The second-order valence-electron chi connectivity index (χ2n) is 4.53. The highest BCUT2D eigenvalue weighted by Gasteiger charge is 2.05. The lowest BCUT2D eigenvalue weighted by molar-refractivity contribution is -0.137. The number of hydrogen-bond donors (Lipinski definition) is 2. The van der Waals surface area contributed by atoms with Crippen molar-refractivity contribution in [1.29, 1.82) is 0 Å². The molecule has 0 unspecified atom stereocenters. The van der Waals surface area contributed by atoms with Gasteiger partial charge in [0.2, 0.25) is 0 Å². The first-order valence-electron chi connectivity index (χ1n) is 6.71. The van der Waals surface area contributed by atoms with Crippen LogP contribution in [0.4, 0.5) is 0 Å². The third-order valence-electron chi connectivity index (χ3n) is 2.81. The van der Waals surface area contributed by atoms with Crippen molar-refractivity contribution in [3.8, 4) is 0 Å². The zero-order valence-electron chi connectivity index (χ0n) is 11.3. The fourth-order valence-corrected chi connectivity index (χ4v) is 1.85. The van der Waals surface area contributed by atoms with E-state index in [-0.39, 0.29) is 12.3 Å². The third-order valence-corrected chi connectivity index (χ3v) is 3.04. The van der Waals surface area contributed by atoms with Gasteiger partial charge in [-0.3, -0.25) is 9.59 Å². The van der Waals surface area contributed by atoms with Crippen molar-refractivity contribution in [3.63, 3.8) is 0 Å². The molecule has 0 aliphatic carbocycles. The van der Waals surface area contributed by atoms with Gasteiger partial charge in [-0.2, -0.15) is 0 Å². The summed E-state index contributed by atoms with van der Waals surface area (Å²) in [6.45, 7) is 0.599. The number of carboxylic acid groups (broad SMARTS) is 1. The molecular formula is C14H19ClN2O3. The van der Waals surface area contributed by atoms with Crippen LogP contribution in [0, 0.1) is 0 Å². The Balaban J connectivity index is 2.05. The lowest BCUT2D eigenvalue weighted by Crippen LogP contribution is -2.25. The number of nitrogens with zero attached hydrogens (tertiary/aromatic N) is 1. The number of unbranched alkanes of at least 4 members (excludes halogenated alkanes) is 4. The van der Waals surface area contributed by atoms with Crippen molar-refractivity contribution in [2.45, 2.75) is 38.5 Å². The van der Waals surface area contributed by atoms with Crippen molar-refractivity contribution in [1.82, 2.24) is 10.3 Å². The second-order valence-corrected chi connectivity index (χ2v) is 4.97. The predicted molar refractivity (Wildman–Crippen MR) is 76.9 cm³/mol. The van der Waals surface area contributed by atoms with Crippen LogP contribution in [0.15, 0.2) is 18.3 Å². The van der Waals surface area contributed by atoms with Crippen LogP contribution in [0.2, 0.25) is 5.02 Å². The maximum Gasteiger partial charge on any atom is 0.303 e. The number of nitrogens with one attached hydrogen (secondary N) is 1. The monoisotopic (exact) mass is 298 g/mol. The van der Waals surface area contributed by atoms with Crippen LogP contribution in [0.5, 0.6) is 0 Å². The summed E-state index contributed by atoms with van der Waals surface area (Å²) < 4.78 is 0. The van der Waals surface area contributed by atoms with Crippen LogP contribution >= 0.6 is 11.6 Å². The number of amides is 1. The van der Waals surface area contributed by atoms with Crippen LogP contribution in [-0.4, -0.2) is 28.5 Å². The maximum absolute atomic E-state index is 11.7. The van der Waals surface area contributed by atoms with E-state index < -0.39 is 5.97 Å². The van der Waals surface area contributed by atoms with E-state index in [1.807, 2.05) is 0 Å². The van der Waals surface area contributed by atoms with E-state index in [2.05, 4.69) is 10.3 Å². The number of rotatable bonds is 9. The van der Waals surface area contributed by atoms with Crippen molar-refractivity contribution < 1.29 is 14.7 Å². The number of halogens is 1. The number of aromatic nitrogens is 1. The van der Waals surface area contributed by atoms with E-state index in [1.54, 1.807) is 12.1 Å². The zero-order valence-corrected chi connectivity index (χ0v) is 12.0. The average molecular weight is 299 g/mol. The zero-order chi connectivity index (χ0) is 14.8. The Morgan fingerprint density at radius 2 is 1.85 bits per heavy atom. The highest BCUT2D eigenvalue weighted by atomic mass is 35.5. The second kappa shape index (κ2) is 9.31. The largest absolute Gasteiger partial charge is 0.481 e. The van der Waals surface area contributed by atoms with E-state index >= 15 is 0 Å². The average Bonchev–Trinajstić information content (AvgIpc) is 2.42. The fraction of sp³-hybridized carbons (Fsp3) is 0.500. The molecule has 0 radical (unpaired) electrons. The first kappa shape index (κ1) is 16.4. The molecule has 110 valence electrons. The summed E-state index contributed by atoms with van der Waals surface area (Å²) in [7, 11) is 0. The number of carboxylic acids is 1. The van der Waals surface area contributed by atoms with Crippen LogP contribution in [0.25, 0.3) is 0 Å². The lowest BCUT2D eigenvalue weighted by atomic mass is 10.1. The van der Waals surface area contributed by atoms with Gasteiger partial charge in [0.25, 0.3) is 5.91 Å². The summed E-state index contributed by atoms with van der Waals surface area (Å²) in [5.74, 6) is -0.944. The van der Waals surface area contributed by atoms with E-state index in [0.717, 1.165) is 32.1 Å². The van der Waals surface area contributed by atoms with E-state index in [1.165, 1.54) is 6.20 Å². The Labute approximate surface area is 123 Å². The summed E-state index contributed by atoms with van der Waals surface area (Å²) in [5.41, 5.74) is 0.357. The first-order valence-corrected chi connectivity index (χ1v) is 7.09. The topological polar surface area (TPSA) is 79.3 Å². The number of carbonyl (C=O) groups is 2. The van der Waals surface area contributed by atoms with Crippen LogP contribution in [0.3, 0.4) is 0 Å². The number of aliphatic carboxylic acids is 1. The van der Waals surface area contributed by atoms with Gasteiger partial charge in [0.15, 0.2) is 0 Å². The van der Waals surface area contributed by atoms with Crippen molar-refractivity contribution in [2.75, 3.05) is 6.54 Å². The molecule has 0 fully saturated rings. The molecule has 0 saturated carbocycles. The van der Waals surface area contributed by atoms with Crippen molar-refractivity contribution >= 4 is 23.5 Å². The summed E-state index contributed by atoms with van der Waals surface area (Å²) in [6, 6.07) is 3.22. The molecule has 20 heavy (non-hydrogen) atoms. The molecule has 1 heterocycles. The molecule has 1 aromatic rings. The molecule has 0 atom stereocenters. The van der Waals surface area contributed by atoms with E-state index in [4.69, 9.17) is 16.7 Å². The van der Waals surface area contributed by atoms with Gasteiger partial charge in [-0.25, -0.2) is 4.98 Å². The minimum atomic E-state index is -0.743. The summed E-state index contributed by atoms with van der Waals surface area (Å²) in [5, 5.41) is 11.8. The molecule has 0 aromatic carbocycles. The van der Waals surface area contributed by atoms with Gasteiger partial charge in [-0.15, -0.1) is 0 Å². The van der Waals surface area contributed by atoms with Crippen molar-refractivity contribution in [3.05, 3.63) is 29.0 Å². The fourth-order valence-electron chi connectivity index (χ4n) is 1.73. The standard InChI is InChI=1S/C14H19ClN2O3/c15-11-7-8-12(17-10-11)14(20)16-9-5-3-1-2-4-6-13(18)19/h7-8,10H,1-6,9H2,(H,16,20)(H,18,19). The molecule has 0 spiro atoms. The van der Waals surface area contributed by atoms with Crippen molar-refractivity contribution in [2.24, 2.45) is 0 Å². The molecule has 2 N–H and O–H groups in total. The Bertz CT molecular complexity index is 435. The van der Waals surface area contributed by atoms with Gasteiger partial charge < -0.3 is 10.4 Å². The van der Waals surface area contributed by atoms with Gasteiger partial charge in [-0.1, -0.05) is 30.9 Å². The SMILES string of the molecule is O=C(O)CCCCCCCNC(=O)c1ccc(Cl)cn1. The third kappa shape index (κ3) is 7.09. The molecule has 1 amide bonds. The Kier molecular flexibility index (Phi) is 7.65. The predicted octanol–water partition coefficient (Wildman–Crippen LogP) is 2.89. The Hall–Kier alpha value is -1.62. The summed E-state index contributed by atoms with van der Waals surface area (Å²) in [6.07, 6.45) is 6.16. The Morgan fingerprint density at radius 3 is 2.50 bits per heavy atom. The molecule has 0 aliphatic heterocycles. The molecular weight excluding hydrogens is 280 g/mol. The minimum Gasteiger partial charge on any atom is -0.481 e. The van der Waals surface area contributed by atoms with E-state index in [9.17, 15) is 9.59 Å². The van der Waals surface area contributed by atoms with Gasteiger partial charge in [0.05, 0.1) is 5.02 Å². The quantitative estimate of drug-likeness (QED) is 0.687.